The van der Waals surface area contributed by atoms with E-state index in [0.717, 1.165) is 13.1 Å². The molecular weight excluding hydrogens is 190 g/mol. The van der Waals surface area contributed by atoms with Crippen molar-refractivity contribution >= 4 is 5.97 Å². The molecule has 0 aromatic heterocycles. The summed E-state index contributed by atoms with van der Waals surface area (Å²) in [6.45, 7) is 8.18. The monoisotopic (exact) mass is 211 g/mol. The minimum Gasteiger partial charge on any atom is -0.478 e. The van der Waals surface area contributed by atoms with Gasteiger partial charge in [0.05, 0.1) is 0 Å². The van der Waals surface area contributed by atoms with E-state index in [4.69, 9.17) is 5.11 Å². The Morgan fingerprint density at radius 1 is 1.53 bits per heavy atom. The lowest BCUT2D eigenvalue weighted by molar-refractivity contribution is -0.132. The smallest absolute Gasteiger partial charge is 0.331 e. The lowest BCUT2D eigenvalue weighted by Gasteiger charge is -2.30. The zero-order chi connectivity index (χ0) is 11.5. The van der Waals surface area contributed by atoms with Crippen LogP contribution in [0.1, 0.15) is 40.0 Å². The Hall–Kier alpha value is -0.830. The van der Waals surface area contributed by atoms with Gasteiger partial charge in [0, 0.05) is 17.7 Å². The van der Waals surface area contributed by atoms with Crippen LogP contribution in [0.15, 0.2) is 11.6 Å². The lowest BCUT2D eigenvalue weighted by Crippen LogP contribution is -2.38. The molecule has 0 aromatic rings. The largest absolute Gasteiger partial charge is 0.478 e. The molecule has 1 heterocycles. The first kappa shape index (κ1) is 12.2. The van der Waals surface area contributed by atoms with E-state index >= 15 is 0 Å². The van der Waals surface area contributed by atoms with Gasteiger partial charge in [-0.1, -0.05) is 13.0 Å². The van der Waals surface area contributed by atoms with E-state index < -0.39 is 5.97 Å². The van der Waals surface area contributed by atoms with Crippen LogP contribution in [0, 0.1) is 0 Å². The molecule has 1 fully saturated rings. The van der Waals surface area contributed by atoms with Crippen LogP contribution in [0.2, 0.25) is 0 Å². The molecule has 0 atom stereocenters. The van der Waals surface area contributed by atoms with Crippen molar-refractivity contribution in [2.45, 2.75) is 45.6 Å². The normalized spacial score (nSPS) is 21.9. The number of rotatable bonds is 4. The van der Waals surface area contributed by atoms with Gasteiger partial charge in [0.25, 0.3) is 0 Å². The summed E-state index contributed by atoms with van der Waals surface area (Å²) in [5.41, 5.74) is 0.756. The molecule has 0 spiro atoms. The van der Waals surface area contributed by atoms with Crippen LogP contribution in [-0.4, -0.2) is 34.6 Å². The minimum absolute atomic E-state index is 0.230. The number of hydrogen-bond donors (Lipinski definition) is 1. The Morgan fingerprint density at radius 3 is 2.60 bits per heavy atom. The van der Waals surface area contributed by atoms with Crippen LogP contribution < -0.4 is 0 Å². The fraction of sp³-hybridized carbons (Fsp3) is 0.750. The molecule has 1 rings (SSSR count). The van der Waals surface area contributed by atoms with Crippen molar-refractivity contribution in [1.29, 1.82) is 0 Å². The average molecular weight is 211 g/mol. The third kappa shape index (κ3) is 3.06. The number of hydrogen-bond acceptors (Lipinski definition) is 2. The Morgan fingerprint density at radius 2 is 2.20 bits per heavy atom. The number of aliphatic carboxylic acids is 1. The first-order valence-electron chi connectivity index (χ1n) is 5.64. The first-order valence-corrected chi connectivity index (χ1v) is 5.64. The van der Waals surface area contributed by atoms with Crippen LogP contribution in [0.5, 0.6) is 0 Å². The Kier molecular flexibility index (Phi) is 3.91. The molecule has 1 aliphatic rings. The van der Waals surface area contributed by atoms with Gasteiger partial charge < -0.3 is 5.11 Å². The zero-order valence-electron chi connectivity index (χ0n) is 9.92. The predicted molar refractivity (Wildman–Crippen MR) is 60.9 cm³/mol. The maximum atomic E-state index is 10.8. The summed E-state index contributed by atoms with van der Waals surface area (Å²) in [5, 5.41) is 8.89. The quantitative estimate of drug-likeness (QED) is 0.725. The molecule has 0 bridgehead atoms. The van der Waals surface area contributed by atoms with Crippen molar-refractivity contribution in [2.24, 2.45) is 0 Å². The first-order chi connectivity index (χ1) is 6.97. The third-order valence-electron chi connectivity index (χ3n) is 3.29. The summed E-state index contributed by atoms with van der Waals surface area (Å²) < 4.78 is 0. The predicted octanol–water partition coefficient (Wildman–Crippen LogP) is 2.28. The second-order valence-corrected chi connectivity index (χ2v) is 4.75. The maximum absolute atomic E-state index is 10.8. The van der Waals surface area contributed by atoms with E-state index in [0.29, 0.717) is 12.0 Å². The van der Waals surface area contributed by atoms with Crippen molar-refractivity contribution in [3.05, 3.63) is 11.6 Å². The zero-order valence-corrected chi connectivity index (χ0v) is 9.92. The Bertz CT molecular complexity index is 269. The van der Waals surface area contributed by atoms with Gasteiger partial charge in [0.2, 0.25) is 0 Å². The van der Waals surface area contributed by atoms with Gasteiger partial charge in [-0.2, -0.15) is 0 Å². The molecule has 0 unspecified atom stereocenters. The highest BCUT2D eigenvalue weighted by Gasteiger charge is 2.30. The molecule has 0 amide bonds. The highest BCUT2D eigenvalue weighted by molar-refractivity contribution is 5.86. The van der Waals surface area contributed by atoms with Gasteiger partial charge in [-0.15, -0.1) is 0 Å². The highest BCUT2D eigenvalue weighted by atomic mass is 16.4. The van der Waals surface area contributed by atoms with E-state index in [1.165, 1.54) is 12.8 Å². The minimum atomic E-state index is -0.783. The molecule has 0 radical (unpaired) electrons. The van der Waals surface area contributed by atoms with Crippen LogP contribution in [-0.2, 0) is 4.79 Å². The van der Waals surface area contributed by atoms with Crippen molar-refractivity contribution in [3.63, 3.8) is 0 Å². The number of likely N-dealkylation sites (tertiary alicyclic amines) is 1. The lowest BCUT2D eigenvalue weighted by atomic mass is 10.0. The van der Waals surface area contributed by atoms with E-state index in [9.17, 15) is 4.79 Å². The van der Waals surface area contributed by atoms with E-state index in [1.807, 2.05) is 13.0 Å². The number of carboxylic acid groups (broad SMARTS) is 1. The standard InChI is InChI=1S/C12H21NO2/c1-4-10(11(14)15)6-9-13-8-5-7-12(13,2)3/h6H,4-5,7-9H2,1-3H3,(H,14,15). The van der Waals surface area contributed by atoms with Crippen molar-refractivity contribution < 1.29 is 9.90 Å². The topological polar surface area (TPSA) is 40.5 Å². The van der Waals surface area contributed by atoms with Gasteiger partial charge in [0.1, 0.15) is 0 Å². The van der Waals surface area contributed by atoms with Gasteiger partial charge in [-0.3, -0.25) is 4.90 Å². The highest BCUT2D eigenvalue weighted by Crippen LogP contribution is 2.27. The SMILES string of the molecule is CCC(=CCN1CCCC1(C)C)C(=O)O. The van der Waals surface area contributed by atoms with Gasteiger partial charge in [-0.05, 0) is 39.7 Å². The molecule has 3 heteroatoms. The Labute approximate surface area is 91.8 Å². The van der Waals surface area contributed by atoms with E-state index in [2.05, 4.69) is 18.7 Å². The van der Waals surface area contributed by atoms with Crippen molar-refractivity contribution in [3.8, 4) is 0 Å². The number of nitrogens with zero attached hydrogens (tertiary/aromatic N) is 1. The van der Waals surface area contributed by atoms with E-state index in [-0.39, 0.29) is 5.54 Å². The summed E-state index contributed by atoms with van der Waals surface area (Å²) in [6.07, 6.45) is 4.88. The summed E-state index contributed by atoms with van der Waals surface area (Å²) in [5.74, 6) is -0.783. The molecule has 15 heavy (non-hydrogen) atoms. The van der Waals surface area contributed by atoms with E-state index in [1.54, 1.807) is 0 Å². The molecule has 0 aromatic carbocycles. The number of carboxylic acids is 1. The third-order valence-corrected chi connectivity index (χ3v) is 3.29. The molecule has 3 nitrogen and oxygen atoms in total. The summed E-state index contributed by atoms with van der Waals surface area (Å²) in [7, 11) is 0. The van der Waals surface area contributed by atoms with Gasteiger partial charge in [-0.25, -0.2) is 4.79 Å². The Balaban J connectivity index is 2.59. The molecular formula is C12H21NO2. The van der Waals surface area contributed by atoms with Crippen LogP contribution in [0.4, 0.5) is 0 Å². The molecule has 0 saturated carbocycles. The fourth-order valence-electron chi connectivity index (χ4n) is 2.10. The second-order valence-electron chi connectivity index (χ2n) is 4.75. The van der Waals surface area contributed by atoms with Crippen LogP contribution in [0.3, 0.4) is 0 Å². The summed E-state index contributed by atoms with van der Waals surface area (Å²) in [4.78, 5) is 13.2. The number of carbonyl (C=O) groups is 1. The molecule has 1 saturated heterocycles. The molecule has 1 aliphatic heterocycles. The summed E-state index contributed by atoms with van der Waals surface area (Å²) in [6, 6.07) is 0. The summed E-state index contributed by atoms with van der Waals surface area (Å²) >= 11 is 0. The van der Waals surface area contributed by atoms with Crippen LogP contribution in [0.25, 0.3) is 0 Å². The molecule has 86 valence electrons. The molecule has 0 aliphatic carbocycles. The van der Waals surface area contributed by atoms with Crippen molar-refractivity contribution in [2.75, 3.05) is 13.1 Å². The average Bonchev–Trinajstić information content (AvgIpc) is 2.46. The fourth-order valence-corrected chi connectivity index (χ4v) is 2.10. The molecule has 1 N–H and O–H groups in total. The van der Waals surface area contributed by atoms with Gasteiger partial charge >= 0.3 is 5.97 Å². The second kappa shape index (κ2) is 4.79. The maximum Gasteiger partial charge on any atom is 0.331 e. The van der Waals surface area contributed by atoms with Crippen LogP contribution >= 0.6 is 0 Å². The van der Waals surface area contributed by atoms with Gasteiger partial charge in [0.15, 0.2) is 0 Å². The van der Waals surface area contributed by atoms with Crippen molar-refractivity contribution in [1.82, 2.24) is 4.90 Å².